The zero-order valence-corrected chi connectivity index (χ0v) is 18.4. The lowest BCUT2D eigenvalue weighted by Crippen LogP contribution is -2.41. The first-order valence-corrected chi connectivity index (χ1v) is 11.0. The predicted octanol–water partition coefficient (Wildman–Crippen LogP) is 4.62. The van der Waals surface area contributed by atoms with Crippen LogP contribution in [0.3, 0.4) is 0 Å². The van der Waals surface area contributed by atoms with E-state index in [1.807, 2.05) is 64.0 Å². The van der Waals surface area contributed by atoms with Gasteiger partial charge in [-0.05, 0) is 47.4 Å². The molecule has 1 heterocycles. The topological polar surface area (TPSA) is 53.0 Å². The second-order valence-electron chi connectivity index (χ2n) is 8.31. The standard InChI is InChI=1S/C21H26ClN3O2S/c1-21(2,3)20-14-19(15-6-10-17(11-7-15)24(4)5)23-25(20)28(26,27)18-12-8-16(22)9-13-18/h6-13,20H,14H2,1-5H3/t20-/m1/s1. The van der Waals surface area contributed by atoms with Crippen LogP contribution < -0.4 is 4.90 Å². The molecule has 3 rings (SSSR count). The molecule has 150 valence electrons. The first-order chi connectivity index (χ1) is 13.0. The van der Waals surface area contributed by atoms with Crippen molar-refractivity contribution in [2.24, 2.45) is 10.5 Å². The summed E-state index contributed by atoms with van der Waals surface area (Å²) in [4.78, 5) is 2.22. The van der Waals surface area contributed by atoms with Crippen LogP contribution >= 0.6 is 11.6 Å². The zero-order valence-electron chi connectivity index (χ0n) is 16.8. The predicted molar refractivity (Wildman–Crippen MR) is 116 cm³/mol. The lowest BCUT2D eigenvalue weighted by Gasteiger charge is -2.33. The van der Waals surface area contributed by atoms with Gasteiger partial charge in [-0.2, -0.15) is 17.9 Å². The summed E-state index contributed by atoms with van der Waals surface area (Å²) in [5, 5.41) is 5.06. The summed E-state index contributed by atoms with van der Waals surface area (Å²) in [5.74, 6) is 0. The average molecular weight is 420 g/mol. The fraction of sp³-hybridized carbons (Fsp3) is 0.381. The van der Waals surface area contributed by atoms with E-state index in [0.717, 1.165) is 17.0 Å². The number of anilines is 1. The monoisotopic (exact) mass is 419 g/mol. The van der Waals surface area contributed by atoms with Gasteiger partial charge in [0, 0.05) is 31.2 Å². The Balaban J connectivity index is 2.02. The maximum atomic E-state index is 13.3. The number of halogens is 1. The van der Waals surface area contributed by atoms with E-state index in [0.29, 0.717) is 11.4 Å². The van der Waals surface area contributed by atoms with E-state index in [1.54, 1.807) is 12.1 Å². The van der Waals surface area contributed by atoms with E-state index in [9.17, 15) is 8.42 Å². The maximum Gasteiger partial charge on any atom is 0.279 e. The molecule has 1 atom stereocenters. The number of nitrogens with zero attached hydrogens (tertiary/aromatic N) is 3. The first kappa shape index (κ1) is 20.7. The zero-order chi connectivity index (χ0) is 20.7. The minimum absolute atomic E-state index is 0.194. The molecule has 28 heavy (non-hydrogen) atoms. The normalized spacial score (nSPS) is 17.6. The average Bonchev–Trinajstić information content (AvgIpc) is 3.09. The van der Waals surface area contributed by atoms with Crippen molar-refractivity contribution in [1.29, 1.82) is 0 Å². The van der Waals surface area contributed by atoms with Crippen molar-refractivity contribution < 1.29 is 8.42 Å². The Hall–Kier alpha value is -2.05. The molecule has 0 saturated heterocycles. The van der Waals surface area contributed by atoms with Crippen molar-refractivity contribution in [3.8, 4) is 0 Å². The Labute approximate surface area is 172 Å². The molecule has 0 N–H and O–H groups in total. The third-order valence-corrected chi connectivity index (χ3v) is 6.90. The summed E-state index contributed by atoms with van der Waals surface area (Å²) >= 11 is 5.92. The first-order valence-electron chi connectivity index (χ1n) is 9.15. The molecule has 0 radical (unpaired) electrons. The van der Waals surface area contributed by atoms with E-state index >= 15 is 0 Å². The molecule has 7 heteroatoms. The van der Waals surface area contributed by atoms with E-state index < -0.39 is 10.0 Å². The number of rotatable bonds is 4. The summed E-state index contributed by atoms with van der Waals surface area (Å²) in [6.45, 7) is 6.11. The SMILES string of the molecule is CN(C)c1ccc(C2=NN(S(=O)(=O)c3ccc(Cl)cc3)[C@@H](C(C)(C)C)C2)cc1. The molecule has 1 aliphatic rings. The van der Waals surface area contributed by atoms with Crippen LogP contribution in [0.25, 0.3) is 0 Å². The second-order valence-corrected chi connectivity index (χ2v) is 10.5. The lowest BCUT2D eigenvalue weighted by atomic mass is 9.84. The van der Waals surface area contributed by atoms with Crippen molar-refractivity contribution >= 4 is 33.0 Å². The Kier molecular flexibility index (Phi) is 5.47. The minimum atomic E-state index is -3.77. The number of hydrazone groups is 1. The molecular formula is C21H26ClN3O2S. The summed E-state index contributed by atoms with van der Waals surface area (Å²) in [5.41, 5.74) is 2.53. The summed E-state index contributed by atoms with van der Waals surface area (Å²) in [6.07, 6.45) is 0.567. The van der Waals surface area contributed by atoms with Gasteiger partial charge >= 0.3 is 0 Å². The third kappa shape index (κ3) is 4.03. The quantitative estimate of drug-likeness (QED) is 0.726. The van der Waals surface area contributed by atoms with Crippen LogP contribution in [-0.2, 0) is 10.0 Å². The fourth-order valence-electron chi connectivity index (χ4n) is 3.19. The number of hydrogen-bond acceptors (Lipinski definition) is 4. The van der Waals surface area contributed by atoms with Gasteiger partial charge in [-0.3, -0.25) is 0 Å². The molecule has 1 aliphatic heterocycles. The molecule has 0 unspecified atom stereocenters. The molecule has 2 aromatic rings. The largest absolute Gasteiger partial charge is 0.378 e. The van der Waals surface area contributed by atoms with Crippen LogP contribution in [0.4, 0.5) is 5.69 Å². The van der Waals surface area contributed by atoms with Crippen LogP contribution in [-0.4, -0.2) is 38.7 Å². The summed E-state index contributed by atoms with van der Waals surface area (Å²) < 4.78 is 27.9. The van der Waals surface area contributed by atoms with Gasteiger partial charge in [0.1, 0.15) is 0 Å². The van der Waals surface area contributed by atoms with Gasteiger partial charge in [0.15, 0.2) is 0 Å². The molecule has 0 bridgehead atoms. The van der Waals surface area contributed by atoms with Crippen molar-refractivity contribution in [3.05, 3.63) is 59.1 Å². The van der Waals surface area contributed by atoms with Gasteiger partial charge in [0.05, 0.1) is 16.6 Å². The van der Waals surface area contributed by atoms with Crippen LogP contribution in [0.15, 0.2) is 58.5 Å². The Morgan fingerprint density at radius 3 is 2.11 bits per heavy atom. The van der Waals surface area contributed by atoms with E-state index in [1.165, 1.54) is 16.5 Å². The highest BCUT2D eigenvalue weighted by Gasteiger charge is 2.42. The highest BCUT2D eigenvalue weighted by Crippen LogP contribution is 2.37. The molecule has 0 fully saturated rings. The molecule has 0 amide bonds. The van der Waals surface area contributed by atoms with Gasteiger partial charge in [-0.25, -0.2) is 0 Å². The summed E-state index contributed by atoms with van der Waals surface area (Å²) in [6, 6.07) is 14.0. The molecule has 0 spiro atoms. The molecule has 2 aromatic carbocycles. The van der Waals surface area contributed by atoms with Crippen LogP contribution in [0.5, 0.6) is 0 Å². The minimum Gasteiger partial charge on any atom is -0.378 e. The van der Waals surface area contributed by atoms with Crippen LogP contribution in [0.2, 0.25) is 5.02 Å². The third-order valence-electron chi connectivity index (χ3n) is 4.95. The van der Waals surface area contributed by atoms with E-state index in [4.69, 9.17) is 11.6 Å². The summed E-state index contributed by atoms with van der Waals surface area (Å²) in [7, 11) is 0.197. The molecule has 0 saturated carbocycles. The molecule has 5 nitrogen and oxygen atoms in total. The number of benzene rings is 2. The fourth-order valence-corrected chi connectivity index (χ4v) is 4.95. The Morgan fingerprint density at radius 2 is 1.61 bits per heavy atom. The Morgan fingerprint density at radius 1 is 1.04 bits per heavy atom. The van der Waals surface area contributed by atoms with Gasteiger partial charge in [0.2, 0.25) is 0 Å². The molecule has 0 aromatic heterocycles. The van der Waals surface area contributed by atoms with Crippen LogP contribution in [0, 0.1) is 5.41 Å². The van der Waals surface area contributed by atoms with Gasteiger partial charge in [-0.1, -0.05) is 44.5 Å². The van der Waals surface area contributed by atoms with Crippen molar-refractivity contribution in [2.45, 2.75) is 38.1 Å². The van der Waals surface area contributed by atoms with E-state index in [-0.39, 0.29) is 16.4 Å². The van der Waals surface area contributed by atoms with E-state index in [2.05, 4.69) is 5.10 Å². The molecule has 0 aliphatic carbocycles. The molecular weight excluding hydrogens is 394 g/mol. The highest BCUT2D eigenvalue weighted by atomic mass is 35.5. The van der Waals surface area contributed by atoms with Gasteiger partial charge < -0.3 is 4.90 Å². The highest BCUT2D eigenvalue weighted by molar-refractivity contribution is 7.89. The smallest absolute Gasteiger partial charge is 0.279 e. The van der Waals surface area contributed by atoms with Crippen molar-refractivity contribution in [2.75, 3.05) is 19.0 Å². The van der Waals surface area contributed by atoms with Crippen LogP contribution in [0.1, 0.15) is 32.8 Å². The van der Waals surface area contributed by atoms with Crippen molar-refractivity contribution in [3.63, 3.8) is 0 Å². The number of hydrogen-bond donors (Lipinski definition) is 0. The van der Waals surface area contributed by atoms with Gasteiger partial charge in [0.25, 0.3) is 10.0 Å². The second kappa shape index (κ2) is 7.41. The lowest BCUT2D eigenvalue weighted by molar-refractivity contribution is 0.203. The Bertz CT molecular complexity index is 976. The number of sulfonamides is 1. The van der Waals surface area contributed by atoms with Crippen molar-refractivity contribution in [1.82, 2.24) is 4.41 Å². The maximum absolute atomic E-state index is 13.3. The van der Waals surface area contributed by atoms with Gasteiger partial charge in [-0.15, -0.1) is 0 Å².